The molecule has 0 aliphatic heterocycles. The Labute approximate surface area is 131 Å². The first-order valence-electron chi connectivity index (χ1n) is 6.40. The third kappa shape index (κ3) is 4.68. The normalized spacial score (nSPS) is 10.6. The van der Waals surface area contributed by atoms with Crippen LogP contribution in [0.5, 0.6) is 0 Å². The molecule has 0 atom stereocenters. The number of benzene rings is 2. The van der Waals surface area contributed by atoms with E-state index in [1.54, 1.807) is 30.3 Å². The molecule has 0 unspecified atom stereocenters. The van der Waals surface area contributed by atoms with E-state index in [4.69, 9.17) is 0 Å². The van der Waals surface area contributed by atoms with Crippen molar-refractivity contribution in [1.29, 1.82) is 0 Å². The molecule has 0 aliphatic rings. The van der Waals surface area contributed by atoms with Gasteiger partial charge in [-0.3, -0.25) is 9.59 Å². The van der Waals surface area contributed by atoms with Crippen LogP contribution in [-0.4, -0.2) is 11.7 Å². The summed E-state index contributed by atoms with van der Waals surface area (Å²) in [6, 6.07) is 14.5. The van der Waals surface area contributed by atoms with E-state index >= 15 is 0 Å². The van der Waals surface area contributed by atoms with Gasteiger partial charge in [-0.2, -0.15) is 0 Å². The van der Waals surface area contributed by atoms with Gasteiger partial charge in [0, 0.05) is 22.6 Å². The Morgan fingerprint density at radius 3 is 2.19 bits per heavy atom. The van der Waals surface area contributed by atoms with Gasteiger partial charge in [0.2, 0.25) is 5.91 Å². The smallest absolute Gasteiger partial charge is 0.221 e. The van der Waals surface area contributed by atoms with Crippen LogP contribution < -0.4 is 5.32 Å². The number of hydrogen-bond donors (Lipinski definition) is 1. The van der Waals surface area contributed by atoms with Crippen LogP contribution in [0.2, 0.25) is 0 Å². The molecule has 2 aromatic carbocycles. The summed E-state index contributed by atoms with van der Waals surface area (Å²) in [5.41, 5.74) is 2.28. The fourth-order valence-electron chi connectivity index (χ4n) is 1.76. The van der Waals surface area contributed by atoms with Crippen LogP contribution in [0.4, 0.5) is 5.69 Å². The fourth-order valence-corrected chi connectivity index (χ4v) is 2.03. The highest BCUT2D eigenvalue weighted by atomic mass is 79.9. The predicted octanol–water partition coefficient (Wildman–Crippen LogP) is 4.30. The van der Waals surface area contributed by atoms with Crippen molar-refractivity contribution in [3.63, 3.8) is 0 Å². The van der Waals surface area contributed by atoms with E-state index in [1.807, 2.05) is 24.3 Å². The maximum Gasteiger partial charge on any atom is 0.221 e. The summed E-state index contributed by atoms with van der Waals surface area (Å²) in [6.07, 6.45) is 3.29. The number of halogens is 1. The van der Waals surface area contributed by atoms with E-state index in [0.29, 0.717) is 5.56 Å². The summed E-state index contributed by atoms with van der Waals surface area (Å²) >= 11 is 3.33. The Bertz CT molecular complexity index is 673. The molecule has 0 spiro atoms. The van der Waals surface area contributed by atoms with E-state index < -0.39 is 0 Å². The lowest BCUT2D eigenvalue weighted by molar-refractivity contribution is -0.114. The van der Waals surface area contributed by atoms with Gasteiger partial charge in [-0.25, -0.2) is 0 Å². The molecule has 0 aromatic heterocycles. The van der Waals surface area contributed by atoms with Crippen molar-refractivity contribution in [1.82, 2.24) is 0 Å². The number of carbonyl (C=O) groups is 2. The highest BCUT2D eigenvalue weighted by Gasteiger charge is 2.01. The minimum absolute atomic E-state index is 0.0477. The van der Waals surface area contributed by atoms with Gasteiger partial charge in [0.05, 0.1) is 0 Å². The summed E-state index contributed by atoms with van der Waals surface area (Å²) in [4.78, 5) is 22.9. The van der Waals surface area contributed by atoms with Crippen LogP contribution in [0.15, 0.2) is 59.1 Å². The number of hydrogen-bond acceptors (Lipinski definition) is 2. The van der Waals surface area contributed by atoms with Crippen molar-refractivity contribution in [2.24, 2.45) is 0 Å². The largest absolute Gasteiger partial charge is 0.326 e. The van der Waals surface area contributed by atoms with Gasteiger partial charge in [0.15, 0.2) is 5.78 Å². The molecule has 2 rings (SSSR count). The quantitative estimate of drug-likeness (QED) is 0.664. The van der Waals surface area contributed by atoms with E-state index in [0.717, 1.165) is 15.7 Å². The first-order valence-corrected chi connectivity index (χ1v) is 7.19. The first-order chi connectivity index (χ1) is 10.0. The van der Waals surface area contributed by atoms with Gasteiger partial charge in [0.25, 0.3) is 0 Å². The summed E-state index contributed by atoms with van der Waals surface area (Å²) in [5, 5.41) is 2.69. The number of nitrogens with one attached hydrogen (secondary N) is 1. The van der Waals surface area contributed by atoms with Gasteiger partial charge in [-0.05, 0) is 48.0 Å². The number of ketones is 1. The molecule has 0 saturated carbocycles. The molecule has 2 aromatic rings. The van der Waals surface area contributed by atoms with Crippen molar-refractivity contribution in [2.75, 3.05) is 5.32 Å². The lowest BCUT2D eigenvalue weighted by Crippen LogP contribution is -2.05. The second kappa shape index (κ2) is 6.99. The summed E-state index contributed by atoms with van der Waals surface area (Å²) in [7, 11) is 0. The lowest BCUT2D eigenvalue weighted by atomic mass is 10.1. The van der Waals surface area contributed by atoms with Gasteiger partial charge in [-0.1, -0.05) is 34.1 Å². The Kier molecular flexibility index (Phi) is 5.06. The average Bonchev–Trinajstić information content (AvgIpc) is 2.46. The molecule has 0 heterocycles. The molecule has 3 nitrogen and oxygen atoms in total. The lowest BCUT2D eigenvalue weighted by Gasteiger charge is -2.01. The highest BCUT2D eigenvalue weighted by molar-refractivity contribution is 9.10. The number of carbonyl (C=O) groups excluding carboxylic acids is 2. The van der Waals surface area contributed by atoms with Gasteiger partial charge in [-0.15, -0.1) is 0 Å². The molecule has 106 valence electrons. The summed E-state index contributed by atoms with van der Waals surface area (Å²) in [5.74, 6) is -0.155. The molecule has 4 heteroatoms. The Hall–Kier alpha value is -2.20. The average molecular weight is 344 g/mol. The maximum atomic E-state index is 12.0. The van der Waals surface area contributed by atoms with E-state index in [1.165, 1.54) is 13.0 Å². The topological polar surface area (TPSA) is 46.2 Å². The number of allylic oxidation sites excluding steroid dienone is 1. The highest BCUT2D eigenvalue weighted by Crippen LogP contribution is 2.13. The summed E-state index contributed by atoms with van der Waals surface area (Å²) in [6.45, 7) is 1.46. The molecule has 0 aliphatic carbocycles. The van der Waals surface area contributed by atoms with Crippen LogP contribution in [0, 0.1) is 0 Å². The Morgan fingerprint density at radius 2 is 1.62 bits per heavy atom. The fraction of sp³-hybridized carbons (Fsp3) is 0.0588. The zero-order valence-electron chi connectivity index (χ0n) is 11.5. The van der Waals surface area contributed by atoms with Crippen LogP contribution in [-0.2, 0) is 4.79 Å². The van der Waals surface area contributed by atoms with Crippen molar-refractivity contribution in [3.8, 4) is 0 Å². The molecule has 1 N–H and O–H groups in total. The Balaban J connectivity index is 2.05. The predicted molar refractivity (Wildman–Crippen MR) is 88.3 cm³/mol. The van der Waals surface area contributed by atoms with Crippen LogP contribution in [0.25, 0.3) is 6.08 Å². The standard InChI is InChI=1S/C17H14BrNO2/c1-12(20)19-16-9-2-13(3-10-16)4-11-17(21)14-5-7-15(18)8-6-14/h2-11H,1H3,(H,19,20)/b11-4+. The van der Waals surface area contributed by atoms with Crippen LogP contribution in [0.1, 0.15) is 22.8 Å². The van der Waals surface area contributed by atoms with Gasteiger partial charge in [0.1, 0.15) is 0 Å². The molecular weight excluding hydrogens is 330 g/mol. The molecule has 0 radical (unpaired) electrons. The zero-order valence-corrected chi connectivity index (χ0v) is 13.1. The molecule has 1 amide bonds. The third-order valence-corrected chi connectivity index (χ3v) is 3.32. The molecule has 0 saturated heterocycles. The summed E-state index contributed by atoms with van der Waals surface area (Å²) < 4.78 is 0.941. The Morgan fingerprint density at radius 1 is 1.00 bits per heavy atom. The van der Waals surface area contributed by atoms with Crippen molar-refractivity contribution >= 4 is 39.4 Å². The number of rotatable bonds is 4. The van der Waals surface area contributed by atoms with Crippen LogP contribution >= 0.6 is 15.9 Å². The second-order valence-corrected chi connectivity index (χ2v) is 5.42. The van der Waals surface area contributed by atoms with E-state index in [-0.39, 0.29) is 11.7 Å². The number of anilines is 1. The first kappa shape index (κ1) is 15.2. The second-order valence-electron chi connectivity index (χ2n) is 4.51. The molecular formula is C17H14BrNO2. The van der Waals surface area contributed by atoms with Gasteiger partial charge >= 0.3 is 0 Å². The molecule has 0 fully saturated rings. The van der Waals surface area contributed by atoms with Crippen LogP contribution in [0.3, 0.4) is 0 Å². The van der Waals surface area contributed by atoms with E-state index in [2.05, 4.69) is 21.2 Å². The van der Waals surface area contributed by atoms with Crippen molar-refractivity contribution in [3.05, 3.63) is 70.2 Å². The van der Waals surface area contributed by atoms with E-state index in [9.17, 15) is 9.59 Å². The zero-order chi connectivity index (χ0) is 15.2. The molecule has 0 bridgehead atoms. The minimum Gasteiger partial charge on any atom is -0.326 e. The number of amides is 1. The van der Waals surface area contributed by atoms with Crippen molar-refractivity contribution < 1.29 is 9.59 Å². The van der Waals surface area contributed by atoms with Gasteiger partial charge < -0.3 is 5.32 Å². The monoisotopic (exact) mass is 343 g/mol. The SMILES string of the molecule is CC(=O)Nc1ccc(/C=C/C(=O)c2ccc(Br)cc2)cc1. The maximum absolute atomic E-state index is 12.0. The molecule has 21 heavy (non-hydrogen) atoms. The minimum atomic E-state index is -0.108. The van der Waals surface area contributed by atoms with Crippen molar-refractivity contribution in [2.45, 2.75) is 6.92 Å². The third-order valence-electron chi connectivity index (χ3n) is 2.79.